The topological polar surface area (TPSA) is 64.3 Å². The quantitative estimate of drug-likeness (QED) is 0.849. The molecular weight excluding hydrogens is 288 g/mol. The monoisotopic (exact) mass is 310 g/mol. The van der Waals surface area contributed by atoms with Crippen LogP contribution in [0.25, 0.3) is 0 Å². The fraction of sp³-hybridized carbons (Fsp3) is 0.562. The maximum Gasteiger partial charge on any atom is 0.260 e. The molecule has 1 aromatic carbocycles. The summed E-state index contributed by atoms with van der Waals surface area (Å²) in [7, 11) is 0. The average Bonchev–Trinajstić information content (AvgIpc) is 2.95. The van der Waals surface area contributed by atoms with Gasteiger partial charge in [-0.25, -0.2) is 0 Å². The fourth-order valence-electron chi connectivity index (χ4n) is 2.67. The zero-order valence-electron chi connectivity index (χ0n) is 12.4. The summed E-state index contributed by atoms with van der Waals surface area (Å²) in [5, 5.41) is 3.67. The van der Waals surface area contributed by atoms with Crippen molar-refractivity contribution >= 4 is 17.5 Å². The minimum atomic E-state index is -0.541. The number of hydrogen-bond acceptors (Lipinski definition) is 3. The lowest BCUT2D eigenvalue weighted by Crippen LogP contribution is -2.41. The van der Waals surface area contributed by atoms with Crippen molar-refractivity contribution in [3.05, 3.63) is 28.8 Å². The lowest BCUT2D eigenvalue weighted by molar-refractivity contribution is -0.127. The summed E-state index contributed by atoms with van der Waals surface area (Å²) in [6.45, 7) is 2.25. The van der Waals surface area contributed by atoms with Crippen LogP contribution in [-0.4, -0.2) is 24.6 Å². The highest BCUT2D eigenvalue weighted by atomic mass is 35.5. The van der Waals surface area contributed by atoms with E-state index < -0.39 is 6.10 Å². The number of ether oxygens (including phenoxy) is 1. The minimum absolute atomic E-state index is 0.0689. The minimum Gasteiger partial charge on any atom is -0.481 e. The molecule has 0 aromatic heterocycles. The third kappa shape index (κ3) is 4.35. The zero-order valence-corrected chi connectivity index (χ0v) is 13.2. The maximum absolute atomic E-state index is 12.2. The van der Waals surface area contributed by atoms with Crippen molar-refractivity contribution in [2.24, 2.45) is 5.73 Å². The average molecular weight is 311 g/mol. The van der Waals surface area contributed by atoms with Gasteiger partial charge in [0, 0.05) is 16.6 Å². The highest BCUT2D eigenvalue weighted by Gasteiger charge is 2.22. The Morgan fingerprint density at radius 1 is 1.48 bits per heavy atom. The molecule has 1 atom stereocenters. The first-order valence-corrected chi connectivity index (χ1v) is 7.94. The number of benzene rings is 1. The van der Waals surface area contributed by atoms with E-state index in [9.17, 15) is 4.79 Å². The van der Waals surface area contributed by atoms with Gasteiger partial charge in [-0.05, 0) is 44.9 Å². The van der Waals surface area contributed by atoms with E-state index in [-0.39, 0.29) is 5.91 Å². The number of amides is 1. The van der Waals surface area contributed by atoms with Gasteiger partial charge in [-0.2, -0.15) is 0 Å². The third-order valence-electron chi connectivity index (χ3n) is 3.84. The second-order valence-corrected chi connectivity index (χ2v) is 5.91. The molecule has 1 amide bonds. The van der Waals surface area contributed by atoms with Gasteiger partial charge in [-0.3, -0.25) is 4.79 Å². The number of halogens is 1. The van der Waals surface area contributed by atoms with Crippen LogP contribution in [0.2, 0.25) is 5.02 Å². The van der Waals surface area contributed by atoms with E-state index in [1.54, 1.807) is 6.92 Å². The molecule has 1 aromatic rings. The summed E-state index contributed by atoms with van der Waals surface area (Å²) >= 11 is 6.17. The van der Waals surface area contributed by atoms with E-state index in [4.69, 9.17) is 22.1 Å². The fourth-order valence-corrected chi connectivity index (χ4v) is 2.93. The number of hydrogen-bond donors (Lipinski definition) is 2. The third-order valence-corrected chi connectivity index (χ3v) is 4.20. The van der Waals surface area contributed by atoms with Crippen LogP contribution in [0.4, 0.5) is 0 Å². The number of nitrogens with one attached hydrogen (secondary N) is 1. The predicted octanol–water partition coefficient (Wildman–Crippen LogP) is 2.67. The molecule has 4 nitrogen and oxygen atoms in total. The molecular formula is C16H23ClN2O2. The van der Waals surface area contributed by atoms with Gasteiger partial charge in [0.25, 0.3) is 5.91 Å². The first-order valence-electron chi connectivity index (χ1n) is 7.56. The second-order valence-electron chi connectivity index (χ2n) is 5.51. The summed E-state index contributed by atoms with van der Waals surface area (Å²) in [6, 6.07) is 5.75. The molecule has 116 valence electrons. The van der Waals surface area contributed by atoms with Crippen LogP contribution in [0, 0.1) is 0 Å². The lowest BCUT2D eigenvalue weighted by Gasteiger charge is -2.20. The molecule has 0 bridgehead atoms. The summed E-state index contributed by atoms with van der Waals surface area (Å²) in [4.78, 5) is 12.2. The number of nitrogens with two attached hydrogens (primary N) is 1. The number of carbonyl (C=O) groups is 1. The molecule has 1 aliphatic rings. The number of carbonyl (C=O) groups excluding carboxylic acids is 1. The van der Waals surface area contributed by atoms with E-state index in [0.717, 1.165) is 18.4 Å². The molecule has 0 radical (unpaired) electrons. The molecule has 3 N–H and O–H groups in total. The molecule has 0 aliphatic heterocycles. The molecule has 1 unspecified atom stereocenters. The normalized spacial score (nSPS) is 16.7. The molecule has 2 rings (SSSR count). The van der Waals surface area contributed by atoms with Crippen LogP contribution in [0.1, 0.15) is 38.2 Å². The Morgan fingerprint density at radius 2 is 2.19 bits per heavy atom. The van der Waals surface area contributed by atoms with Crippen LogP contribution < -0.4 is 15.8 Å². The zero-order chi connectivity index (χ0) is 15.2. The van der Waals surface area contributed by atoms with E-state index in [0.29, 0.717) is 29.8 Å². The van der Waals surface area contributed by atoms with E-state index in [1.165, 1.54) is 12.8 Å². The van der Waals surface area contributed by atoms with Crippen molar-refractivity contribution in [2.45, 2.75) is 51.2 Å². The standard InChI is InChI=1S/C16H23ClN2O2/c1-11(16(20)19-12-5-2-3-6-12)21-15-8-4-7-14(17)13(15)9-10-18/h4,7-8,11-12H,2-3,5-6,9-10,18H2,1H3,(H,19,20). The Hall–Kier alpha value is -1.26. The highest BCUT2D eigenvalue weighted by Crippen LogP contribution is 2.27. The summed E-state index contributed by atoms with van der Waals surface area (Å²) < 4.78 is 5.80. The summed E-state index contributed by atoms with van der Waals surface area (Å²) in [5.41, 5.74) is 6.47. The second kappa shape index (κ2) is 7.66. The van der Waals surface area contributed by atoms with E-state index in [1.807, 2.05) is 18.2 Å². The Kier molecular flexibility index (Phi) is 5.88. The van der Waals surface area contributed by atoms with Gasteiger partial charge in [0.15, 0.2) is 6.10 Å². The molecule has 0 saturated heterocycles. The molecule has 1 saturated carbocycles. The van der Waals surface area contributed by atoms with Crippen molar-refractivity contribution in [1.29, 1.82) is 0 Å². The van der Waals surface area contributed by atoms with E-state index in [2.05, 4.69) is 5.32 Å². The van der Waals surface area contributed by atoms with Gasteiger partial charge in [-0.1, -0.05) is 30.5 Å². The van der Waals surface area contributed by atoms with Crippen LogP contribution in [0.5, 0.6) is 5.75 Å². The van der Waals surface area contributed by atoms with Crippen molar-refractivity contribution in [3.8, 4) is 5.75 Å². The Balaban J connectivity index is 1.99. The summed E-state index contributed by atoms with van der Waals surface area (Å²) in [6.07, 6.45) is 4.60. The first kappa shape index (κ1) is 16.1. The van der Waals surface area contributed by atoms with Crippen molar-refractivity contribution in [1.82, 2.24) is 5.32 Å². The van der Waals surface area contributed by atoms with E-state index >= 15 is 0 Å². The molecule has 21 heavy (non-hydrogen) atoms. The van der Waals surface area contributed by atoms with Gasteiger partial charge >= 0.3 is 0 Å². The summed E-state index contributed by atoms with van der Waals surface area (Å²) in [5.74, 6) is 0.572. The Bertz CT molecular complexity index is 487. The van der Waals surface area contributed by atoms with Crippen LogP contribution >= 0.6 is 11.6 Å². The smallest absolute Gasteiger partial charge is 0.260 e. The Labute approximate surface area is 131 Å². The van der Waals surface area contributed by atoms with Crippen molar-refractivity contribution in [3.63, 3.8) is 0 Å². The molecule has 1 aliphatic carbocycles. The molecule has 5 heteroatoms. The van der Waals surface area contributed by atoms with Gasteiger partial charge in [0.2, 0.25) is 0 Å². The SMILES string of the molecule is CC(Oc1cccc(Cl)c1CCN)C(=O)NC1CCCC1. The predicted molar refractivity (Wildman–Crippen MR) is 84.7 cm³/mol. The molecule has 0 spiro atoms. The maximum atomic E-state index is 12.2. The van der Waals surface area contributed by atoms with Crippen molar-refractivity contribution < 1.29 is 9.53 Å². The van der Waals surface area contributed by atoms with Crippen LogP contribution in [0.15, 0.2) is 18.2 Å². The van der Waals surface area contributed by atoms with Gasteiger partial charge < -0.3 is 15.8 Å². The van der Waals surface area contributed by atoms with Crippen LogP contribution in [0.3, 0.4) is 0 Å². The van der Waals surface area contributed by atoms with Gasteiger partial charge in [0.1, 0.15) is 5.75 Å². The highest BCUT2D eigenvalue weighted by molar-refractivity contribution is 6.31. The molecule has 0 heterocycles. The molecule has 1 fully saturated rings. The van der Waals surface area contributed by atoms with Crippen molar-refractivity contribution in [2.75, 3.05) is 6.54 Å². The van der Waals surface area contributed by atoms with Gasteiger partial charge in [0.05, 0.1) is 0 Å². The first-order chi connectivity index (χ1) is 10.1. The van der Waals surface area contributed by atoms with Gasteiger partial charge in [-0.15, -0.1) is 0 Å². The number of rotatable bonds is 6. The Morgan fingerprint density at radius 3 is 2.86 bits per heavy atom. The largest absolute Gasteiger partial charge is 0.481 e. The van der Waals surface area contributed by atoms with Crippen LogP contribution in [-0.2, 0) is 11.2 Å². The lowest BCUT2D eigenvalue weighted by atomic mass is 10.1.